The summed E-state index contributed by atoms with van der Waals surface area (Å²) in [4.78, 5) is 32.7. The normalized spacial score (nSPS) is 13.5. The van der Waals surface area contributed by atoms with Gasteiger partial charge in [-0.05, 0) is 13.3 Å². The fraction of sp³-hybridized carbons (Fsp3) is 0.700. The van der Waals surface area contributed by atoms with Crippen molar-refractivity contribution in [3.05, 3.63) is 0 Å². The lowest BCUT2D eigenvalue weighted by molar-refractivity contribution is -0.140. The van der Waals surface area contributed by atoms with Crippen molar-refractivity contribution >= 4 is 17.9 Å². The van der Waals surface area contributed by atoms with Crippen LogP contribution in [0.25, 0.3) is 0 Å². The smallest absolute Gasteiger partial charge is 0.326 e. The number of primary amides is 1. The number of nitrogens with one attached hydrogen (secondary N) is 2. The summed E-state index contributed by atoms with van der Waals surface area (Å²) in [6.45, 7) is 3.79. The molecule has 0 saturated carbocycles. The van der Waals surface area contributed by atoms with Gasteiger partial charge in [-0.25, -0.2) is 9.59 Å². The predicted octanol–water partition coefficient (Wildman–Crippen LogP) is -0.197. The molecular formula is C10H19N3O4. The van der Waals surface area contributed by atoms with Crippen LogP contribution in [0.2, 0.25) is 0 Å². The fourth-order valence-electron chi connectivity index (χ4n) is 1.33. The molecule has 2 unspecified atom stereocenters. The van der Waals surface area contributed by atoms with Crippen LogP contribution in [-0.4, -0.2) is 35.1 Å². The Kier molecular flexibility index (Phi) is 6.69. The van der Waals surface area contributed by atoms with Crippen LogP contribution >= 0.6 is 0 Å². The van der Waals surface area contributed by atoms with E-state index < -0.39 is 30.4 Å². The molecule has 98 valence electrons. The van der Waals surface area contributed by atoms with Gasteiger partial charge in [-0.15, -0.1) is 0 Å². The van der Waals surface area contributed by atoms with Crippen LogP contribution in [0, 0.1) is 0 Å². The standard InChI is InChI=1S/C10H19N3O4/c1-3-4-6(2)12-10(17)13-7(9(15)16)5-8(11)14/h6-7H,3-5H2,1-2H3,(H2,11,14)(H,15,16)(H2,12,13,17). The van der Waals surface area contributed by atoms with Gasteiger partial charge < -0.3 is 21.5 Å². The minimum Gasteiger partial charge on any atom is -0.480 e. The SMILES string of the molecule is CCCC(C)NC(=O)NC(CC(N)=O)C(=O)O. The lowest BCUT2D eigenvalue weighted by Crippen LogP contribution is -2.49. The summed E-state index contributed by atoms with van der Waals surface area (Å²) in [5, 5.41) is 13.5. The monoisotopic (exact) mass is 245 g/mol. The van der Waals surface area contributed by atoms with E-state index in [-0.39, 0.29) is 6.04 Å². The van der Waals surface area contributed by atoms with Gasteiger partial charge in [0.25, 0.3) is 0 Å². The summed E-state index contributed by atoms with van der Waals surface area (Å²) in [5.41, 5.74) is 4.88. The molecule has 7 nitrogen and oxygen atoms in total. The number of carboxylic acid groups (broad SMARTS) is 1. The molecule has 5 N–H and O–H groups in total. The Morgan fingerprint density at radius 3 is 2.29 bits per heavy atom. The molecule has 0 aromatic rings. The molecule has 0 aliphatic carbocycles. The van der Waals surface area contributed by atoms with Crippen molar-refractivity contribution in [1.82, 2.24) is 10.6 Å². The Hall–Kier alpha value is -1.79. The highest BCUT2D eigenvalue weighted by atomic mass is 16.4. The Morgan fingerprint density at radius 2 is 1.88 bits per heavy atom. The van der Waals surface area contributed by atoms with Crippen molar-refractivity contribution in [2.45, 2.75) is 45.2 Å². The van der Waals surface area contributed by atoms with Gasteiger partial charge in [0.2, 0.25) is 5.91 Å². The fourth-order valence-corrected chi connectivity index (χ4v) is 1.33. The van der Waals surface area contributed by atoms with Crippen LogP contribution in [0.5, 0.6) is 0 Å². The molecule has 2 atom stereocenters. The summed E-state index contributed by atoms with van der Waals surface area (Å²) < 4.78 is 0. The van der Waals surface area contributed by atoms with Gasteiger partial charge in [-0.1, -0.05) is 13.3 Å². The minimum absolute atomic E-state index is 0.0528. The van der Waals surface area contributed by atoms with Crippen molar-refractivity contribution < 1.29 is 19.5 Å². The second-order valence-electron chi connectivity index (χ2n) is 3.87. The Labute approximate surface area is 99.7 Å². The molecule has 0 aliphatic heterocycles. The average Bonchev–Trinajstić information content (AvgIpc) is 2.15. The Bertz CT molecular complexity index is 293. The molecule has 0 rings (SSSR count). The second-order valence-corrected chi connectivity index (χ2v) is 3.87. The number of hydrogen-bond acceptors (Lipinski definition) is 3. The lowest BCUT2D eigenvalue weighted by atomic mass is 10.2. The van der Waals surface area contributed by atoms with Crippen molar-refractivity contribution in [1.29, 1.82) is 0 Å². The van der Waals surface area contributed by atoms with Crippen LogP contribution in [0.4, 0.5) is 4.79 Å². The second kappa shape index (κ2) is 7.48. The summed E-state index contributed by atoms with van der Waals surface area (Å²) in [6, 6.07) is -1.95. The number of carbonyl (C=O) groups excluding carboxylic acids is 2. The van der Waals surface area contributed by atoms with E-state index in [1.807, 2.05) is 13.8 Å². The first-order chi connectivity index (χ1) is 7.86. The van der Waals surface area contributed by atoms with Crippen molar-refractivity contribution in [3.8, 4) is 0 Å². The average molecular weight is 245 g/mol. The number of hydrogen-bond donors (Lipinski definition) is 4. The summed E-state index contributed by atoms with van der Waals surface area (Å²) in [6.07, 6.45) is 1.27. The first-order valence-corrected chi connectivity index (χ1v) is 5.45. The molecule has 0 radical (unpaired) electrons. The number of carbonyl (C=O) groups is 3. The Morgan fingerprint density at radius 1 is 1.29 bits per heavy atom. The van der Waals surface area contributed by atoms with Gasteiger partial charge in [-0.3, -0.25) is 4.79 Å². The van der Waals surface area contributed by atoms with E-state index in [1.165, 1.54) is 0 Å². The first kappa shape index (κ1) is 15.2. The molecule has 7 heteroatoms. The van der Waals surface area contributed by atoms with E-state index in [0.29, 0.717) is 0 Å². The number of rotatable bonds is 7. The van der Waals surface area contributed by atoms with Crippen molar-refractivity contribution in [2.75, 3.05) is 0 Å². The van der Waals surface area contributed by atoms with Gasteiger partial charge >= 0.3 is 12.0 Å². The number of urea groups is 1. The van der Waals surface area contributed by atoms with Gasteiger partial charge in [0.15, 0.2) is 0 Å². The quantitative estimate of drug-likeness (QED) is 0.496. The van der Waals surface area contributed by atoms with E-state index in [9.17, 15) is 14.4 Å². The zero-order chi connectivity index (χ0) is 13.4. The molecule has 17 heavy (non-hydrogen) atoms. The van der Waals surface area contributed by atoms with E-state index in [1.54, 1.807) is 0 Å². The summed E-state index contributed by atoms with van der Waals surface area (Å²) >= 11 is 0. The molecule has 0 aromatic carbocycles. The van der Waals surface area contributed by atoms with Crippen LogP contribution in [0.15, 0.2) is 0 Å². The molecule has 0 aromatic heterocycles. The van der Waals surface area contributed by atoms with Gasteiger partial charge in [-0.2, -0.15) is 0 Å². The van der Waals surface area contributed by atoms with Gasteiger partial charge in [0, 0.05) is 6.04 Å². The number of aliphatic carboxylic acids is 1. The topological polar surface area (TPSA) is 122 Å². The highest BCUT2D eigenvalue weighted by Crippen LogP contribution is 1.96. The molecule has 3 amide bonds. The third kappa shape index (κ3) is 7.15. The summed E-state index contributed by atoms with van der Waals surface area (Å²) in [5.74, 6) is -2.07. The third-order valence-electron chi connectivity index (χ3n) is 2.11. The Balaban J connectivity index is 4.21. The predicted molar refractivity (Wildman–Crippen MR) is 61.3 cm³/mol. The highest BCUT2D eigenvalue weighted by Gasteiger charge is 2.22. The van der Waals surface area contributed by atoms with Crippen LogP contribution in [-0.2, 0) is 9.59 Å². The highest BCUT2D eigenvalue weighted by molar-refractivity contribution is 5.87. The lowest BCUT2D eigenvalue weighted by Gasteiger charge is -2.17. The van der Waals surface area contributed by atoms with Crippen LogP contribution in [0.1, 0.15) is 33.1 Å². The van der Waals surface area contributed by atoms with Crippen LogP contribution in [0.3, 0.4) is 0 Å². The van der Waals surface area contributed by atoms with E-state index >= 15 is 0 Å². The number of nitrogens with two attached hydrogens (primary N) is 1. The largest absolute Gasteiger partial charge is 0.480 e. The summed E-state index contributed by atoms with van der Waals surface area (Å²) in [7, 11) is 0. The molecule has 0 fully saturated rings. The molecular weight excluding hydrogens is 226 g/mol. The zero-order valence-corrected chi connectivity index (χ0v) is 10.0. The minimum atomic E-state index is -1.29. The number of amides is 3. The van der Waals surface area contributed by atoms with Gasteiger partial charge in [0.1, 0.15) is 6.04 Å². The molecule has 0 aliphatic rings. The van der Waals surface area contributed by atoms with E-state index in [2.05, 4.69) is 10.6 Å². The van der Waals surface area contributed by atoms with Crippen molar-refractivity contribution in [2.24, 2.45) is 5.73 Å². The van der Waals surface area contributed by atoms with E-state index in [0.717, 1.165) is 12.8 Å². The van der Waals surface area contributed by atoms with Crippen LogP contribution < -0.4 is 16.4 Å². The zero-order valence-electron chi connectivity index (χ0n) is 10.0. The maximum atomic E-state index is 11.4. The molecule has 0 heterocycles. The third-order valence-corrected chi connectivity index (χ3v) is 2.11. The number of carboxylic acids is 1. The molecule has 0 spiro atoms. The maximum absolute atomic E-state index is 11.4. The van der Waals surface area contributed by atoms with Gasteiger partial charge in [0.05, 0.1) is 6.42 Å². The first-order valence-electron chi connectivity index (χ1n) is 5.45. The van der Waals surface area contributed by atoms with E-state index in [4.69, 9.17) is 10.8 Å². The maximum Gasteiger partial charge on any atom is 0.326 e. The molecule has 0 bridgehead atoms. The van der Waals surface area contributed by atoms with Crippen molar-refractivity contribution in [3.63, 3.8) is 0 Å². The molecule has 0 saturated heterocycles.